The molecule has 0 aliphatic heterocycles. The minimum atomic E-state index is -0.162. The van der Waals surface area contributed by atoms with E-state index < -0.39 is 0 Å². The maximum atomic E-state index is 6.35. The van der Waals surface area contributed by atoms with Crippen LogP contribution in [0.4, 0.5) is 0 Å². The van der Waals surface area contributed by atoms with Gasteiger partial charge in [0.25, 0.3) is 0 Å². The first kappa shape index (κ1) is 13.1. The first-order valence-electron chi connectivity index (χ1n) is 6.80. The van der Waals surface area contributed by atoms with Crippen LogP contribution < -0.4 is 5.73 Å². The summed E-state index contributed by atoms with van der Waals surface area (Å²) in [5.41, 5.74) is 8.53. The standard InChI is InChI=1S/C15H23N3/c1-4-10-15(3,16)11-13-12-8-6-7-9-14(12)18(5-2)17-13/h6-9H,4-5,10-11,16H2,1-3H3. The molecular formula is C15H23N3. The molecule has 0 amide bonds. The Morgan fingerprint density at radius 3 is 2.67 bits per heavy atom. The Balaban J connectivity index is 2.39. The van der Waals surface area contributed by atoms with Crippen molar-refractivity contribution in [2.24, 2.45) is 5.73 Å². The Kier molecular flexibility index (Phi) is 3.71. The summed E-state index contributed by atoms with van der Waals surface area (Å²) in [6, 6.07) is 8.41. The van der Waals surface area contributed by atoms with Gasteiger partial charge in [-0.25, -0.2) is 0 Å². The van der Waals surface area contributed by atoms with Crippen molar-refractivity contribution >= 4 is 10.9 Å². The van der Waals surface area contributed by atoms with Crippen LogP contribution >= 0.6 is 0 Å². The van der Waals surface area contributed by atoms with Gasteiger partial charge in [-0.05, 0) is 26.3 Å². The van der Waals surface area contributed by atoms with Gasteiger partial charge in [0.1, 0.15) is 0 Å². The van der Waals surface area contributed by atoms with Crippen LogP contribution in [0.5, 0.6) is 0 Å². The van der Waals surface area contributed by atoms with Crippen LogP contribution in [-0.4, -0.2) is 15.3 Å². The van der Waals surface area contributed by atoms with E-state index in [4.69, 9.17) is 10.8 Å². The molecule has 1 heterocycles. The van der Waals surface area contributed by atoms with Crippen LogP contribution in [0, 0.1) is 0 Å². The summed E-state index contributed by atoms with van der Waals surface area (Å²) < 4.78 is 2.06. The summed E-state index contributed by atoms with van der Waals surface area (Å²) in [6.45, 7) is 7.32. The topological polar surface area (TPSA) is 43.8 Å². The molecule has 0 saturated carbocycles. The maximum absolute atomic E-state index is 6.35. The van der Waals surface area contributed by atoms with Crippen molar-refractivity contribution < 1.29 is 0 Å². The molecule has 1 atom stereocenters. The highest BCUT2D eigenvalue weighted by Gasteiger charge is 2.21. The van der Waals surface area contributed by atoms with Gasteiger partial charge in [-0.1, -0.05) is 31.5 Å². The Labute approximate surface area is 109 Å². The molecule has 2 rings (SSSR count). The summed E-state index contributed by atoms with van der Waals surface area (Å²) in [6.07, 6.45) is 2.98. The number of nitrogens with two attached hydrogens (primary N) is 1. The van der Waals surface area contributed by atoms with E-state index in [1.165, 1.54) is 10.9 Å². The van der Waals surface area contributed by atoms with Gasteiger partial charge in [-0.15, -0.1) is 0 Å². The lowest BCUT2D eigenvalue weighted by Crippen LogP contribution is -2.38. The first-order valence-corrected chi connectivity index (χ1v) is 6.80. The molecule has 1 aromatic heterocycles. The van der Waals surface area contributed by atoms with Gasteiger partial charge in [-0.2, -0.15) is 5.10 Å². The summed E-state index contributed by atoms with van der Waals surface area (Å²) in [4.78, 5) is 0. The van der Waals surface area contributed by atoms with Crippen molar-refractivity contribution in [2.45, 2.75) is 52.1 Å². The SMILES string of the molecule is CCCC(C)(N)Cc1nn(CC)c2ccccc12. The van der Waals surface area contributed by atoms with Crippen LogP contribution in [0.25, 0.3) is 10.9 Å². The molecule has 1 unspecified atom stereocenters. The molecule has 3 nitrogen and oxygen atoms in total. The average molecular weight is 245 g/mol. The number of hydrogen-bond donors (Lipinski definition) is 1. The van der Waals surface area contributed by atoms with Gasteiger partial charge in [0, 0.05) is 23.9 Å². The highest BCUT2D eigenvalue weighted by molar-refractivity contribution is 5.82. The molecule has 1 aromatic carbocycles. The van der Waals surface area contributed by atoms with Gasteiger partial charge < -0.3 is 5.73 Å². The normalized spacial score (nSPS) is 14.9. The minimum absolute atomic E-state index is 0.162. The lowest BCUT2D eigenvalue weighted by molar-refractivity contribution is 0.419. The Morgan fingerprint density at radius 1 is 1.28 bits per heavy atom. The number of rotatable bonds is 5. The van der Waals surface area contributed by atoms with Gasteiger partial charge in [0.2, 0.25) is 0 Å². The molecule has 2 N–H and O–H groups in total. The van der Waals surface area contributed by atoms with E-state index >= 15 is 0 Å². The Hall–Kier alpha value is -1.35. The van der Waals surface area contributed by atoms with Gasteiger partial charge in [0.15, 0.2) is 0 Å². The van der Waals surface area contributed by atoms with Crippen molar-refractivity contribution in [3.63, 3.8) is 0 Å². The maximum Gasteiger partial charge on any atom is 0.0721 e. The number of aryl methyl sites for hydroxylation is 1. The summed E-state index contributed by atoms with van der Waals surface area (Å²) >= 11 is 0. The molecule has 0 spiro atoms. The second-order valence-corrected chi connectivity index (χ2v) is 5.36. The minimum Gasteiger partial charge on any atom is -0.325 e. The first-order chi connectivity index (χ1) is 8.57. The van der Waals surface area contributed by atoms with E-state index in [2.05, 4.69) is 49.7 Å². The van der Waals surface area contributed by atoms with E-state index in [0.29, 0.717) is 0 Å². The summed E-state index contributed by atoms with van der Waals surface area (Å²) in [5.74, 6) is 0. The second kappa shape index (κ2) is 5.11. The average Bonchev–Trinajstić information content (AvgIpc) is 2.67. The van der Waals surface area contributed by atoms with Crippen LogP contribution in [0.15, 0.2) is 24.3 Å². The van der Waals surface area contributed by atoms with E-state index in [1.807, 2.05) is 0 Å². The largest absolute Gasteiger partial charge is 0.325 e. The lowest BCUT2D eigenvalue weighted by atomic mass is 9.91. The van der Waals surface area contributed by atoms with Gasteiger partial charge in [-0.3, -0.25) is 4.68 Å². The molecule has 0 bridgehead atoms. The summed E-state index contributed by atoms with van der Waals surface area (Å²) in [7, 11) is 0. The molecule has 2 aromatic rings. The van der Waals surface area contributed by atoms with Crippen LogP contribution in [0.3, 0.4) is 0 Å². The van der Waals surface area contributed by atoms with Crippen molar-refractivity contribution in [2.75, 3.05) is 0 Å². The monoisotopic (exact) mass is 245 g/mol. The van der Waals surface area contributed by atoms with Crippen molar-refractivity contribution in [3.05, 3.63) is 30.0 Å². The van der Waals surface area contributed by atoms with E-state index in [9.17, 15) is 0 Å². The highest BCUT2D eigenvalue weighted by Crippen LogP contribution is 2.23. The van der Waals surface area contributed by atoms with Gasteiger partial charge >= 0.3 is 0 Å². The van der Waals surface area contributed by atoms with Gasteiger partial charge in [0.05, 0.1) is 11.2 Å². The predicted octanol–water partition coefficient (Wildman–Crippen LogP) is 3.12. The number of para-hydroxylation sites is 1. The van der Waals surface area contributed by atoms with Crippen LogP contribution in [0.1, 0.15) is 39.3 Å². The van der Waals surface area contributed by atoms with Crippen molar-refractivity contribution in [3.8, 4) is 0 Å². The number of fused-ring (bicyclic) bond motifs is 1. The fraction of sp³-hybridized carbons (Fsp3) is 0.533. The number of hydrogen-bond acceptors (Lipinski definition) is 2. The zero-order chi connectivity index (χ0) is 13.2. The van der Waals surface area contributed by atoms with Crippen LogP contribution in [-0.2, 0) is 13.0 Å². The number of benzene rings is 1. The quantitative estimate of drug-likeness (QED) is 0.879. The molecule has 18 heavy (non-hydrogen) atoms. The lowest BCUT2D eigenvalue weighted by Gasteiger charge is -2.22. The Morgan fingerprint density at radius 2 is 2.00 bits per heavy atom. The molecular weight excluding hydrogens is 222 g/mol. The predicted molar refractivity (Wildman–Crippen MR) is 76.6 cm³/mol. The zero-order valence-corrected chi connectivity index (χ0v) is 11.6. The molecule has 0 aliphatic carbocycles. The molecule has 3 heteroatoms. The molecule has 0 saturated heterocycles. The third-order valence-electron chi connectivity index (χ3n) is 3.43. The molecule has 0 radical (unpaired) electrons. The second-order valence-electron chi connectivity index (χ2n) is 5.36. The van der Waals surface area contributed by atoms with Crippen molar-refractivity contribution in [1.82, 2.24) is 9.78 Å². The summed E-state index contributed by atoms with van der Waals surface area (Å²) in [5, 5.41) is 5.95. The van der Waals surface area contributed by atoms with E-state index in [-0.39, 0.29) is 5.54 Å². The molecule has 0 fully saturated rings. The molecule has 0 aliphatic rings. The smallest absolute Gasteiger partial charge is 0.0721 e. The number of nitrogens with zero attached hydrogens (tertiary/aromatic N) is 2. The zero-order valence-electron chi connectivity index (χ0n) is 11.6. The third kappa shape index (κ3) is 2.56. The Bertz CT molecular complexity index is 526. The van der Waals surface area contributed by atoms with E-state index in [1.54, 1.807) is 0 Å². The molecule has 98 valence electrons. The third-order valence-corrected chi connectivity index (χ3v) is 3.43. The fourth-order valence-corrected chi connectivity index (χ4v) is 2.61. The van der Waals surface area contributed by atoms with Crippen molar-refractivity contribution in [1.29, 1.82) is 0 Å². The highest BCUT2D eigenvalue weighted by atomic mass is 15.3. The fourth-order valence-electron chi connectivity index (χ4n) is 2.61. The number of aromatic nitrogens is 2. The van der Waals surface area contributed by atoms with Crippen LogP contribution in [0.2, 0.25) is 0 Å². The van der Waals surface area contributed by atoms with E-state index in [0.717, 1.165) is 31.5 Å².